The van der Waals surface area contributed by atoms with Crippen molar-refractivity contribution in [3.05, 3.63) is 24.3 Å². The van der Waals surface area contributed by atoms with Gasteiger partial charge in [0.15, 0.2) is 0 Å². The van der Waals surface area contributed by atoms with E-state index in [9.17, 15) is 0 Å². The van der Waals surface area contributed by atoms with E-state index in [-0.39, 0.29) is 0 Å². The van der Waals surface area contributed by atoms with Crippen LogP contribution in [0.5, 0.6) is 0 Å². The molecule has 0 radical (unpaired) electrons. The topological polar surface area (TPSA) is 0 Å². The number of hydrogen-bond donors (Lipinski definition) is 0. The summed E-state index contributed by atoms with van der Waals surface area (Å²) in [6.07, 6.45) is 23.8. The highest BCUT2D eigenvalue weighted by molar-refractivity contribution is 5.05. The molecule has 0 spiro atoms. The fourth-order valence-corrected chi connectivity index (χ4v) is 3.14. The molecular weight excluding hydrogens is 192 g/mol. The van der Waals surface area contributed by atoms with Crippen molar-refractivity contribution in [1.82, 2.24) is 0 Å². The molecule has 2 rings (SSSR count). The summed E-state index contributed by atoms with van der Waals surface area (Å²) >= 11 is 0. The van der Waals surface area contributed by atoms with Gasteiger partial charge in [-0.3, -0.25) is 0 Å². The lowest BCUT2D eigenvalue weighted by Crippen LogP contribution is -2.02. The summed E-state index contributed by atoms with van der Waals surface area (Å²) in [5.41, 5.74) is 0. The molecule has 0 aliphatic heterocycles. The average molecular weight is 218 g/mol. The molecule has 0 aromatic rings. The van der Waals surface area contributed by atoms with E-state index < -0.39 is 0 Å². The van der Waals surface area contributed by atoms with Gasteiger partial charge >= 0.3 is 0 Å². The molecule has 0 aromatic carbocycles. The summed E-state index contributed by atoms with van der Waals surface area (Å²) in [6.45, 7) is 0. The van der Waals surface area contributed by atoms with Gasteiger partial charge in [-0.25, -0.2) is 0 Å². The zero-order chi connectivity index (χ0) is 11.1. The lowest BCUT2D eigenvalue weighted by atomic mass is 9.89. The fourth-order valence-electron chi connectivity index (χ4n) is 3.14. The quantitative estimate of drug-likeness (QED) is 0.565. The lowest BCUT2D eigenvalue weighted by Gasteiger charge is -2.17. The second kappa shape index (κ2) is 6.93. The average Bonchev–Trinajstić information content (AvgIpc) is 2.83. The summed E-state index contributed by atoms with van der Waals surface area (Å²) in [5.74, 6) is 1.88. The van der Waals surface area contributed by atoms with E-state index in [0.717, 1.165) is 11.8 Å². The molecule has 0 amide bonds. The third-order valence-corrected chi connectivity index (χ3v) is 4.22. The third-order valence-electron chi connectivity index (χ3n) is 4.22. The van der Waals surface area contributed by atoms with Gasteiger partial charge < -0.3 is 0 Å². The molecule has 0 aromatic heterocycles. The van der Waals surface area contributed by atoms with Gasteiger partial charge in [0, 0.05) is 0 Å². The highest BCUT2D eigenvalue weighted by atomic mass is 14.2. The Balaban J connectivity index is 1.61. The molecule has 0 nitrogen and oxygen atoms in total. The van der Waals surface area contributed by atoms with Gasteiger partial charge in [0.25, 0.3) is 0 Å². The van der Waals surface area contributed by atoms with Crippen LogP contribution in [0.3, 0.4) is 0 Å². The van der Waals surface area contributed by atoms with Crippen molar-refractivity contribution in [3.8, 4) is 0 Å². The Morgan fingerprint density at radius 2 is 1.44 bits per heavy atom. The predicted octanol–water partition coefficient (Wildman–Crippen LogP) is 5.26. The summed E-state index contributed by atoms with van der Waals surface area (Å²) in [4.78, 5) is 0. The highest BCUT2D eigenvalue weighted by Gasteiger charge is 2.12. The minimum Gasteiger partial charge on any atom is -0.0843 e. The monoisotopic (exact) mass is 218 g/mol. The number of allylic oxidation sites excluding steroid dienone is 4. The van der Waals surface area contributed by atoms with Crippen LogP contribution in [0, 0.1) is 11.8 Å². The molecule has 0 bridgehead atoms. The Morgan fingerprint density at radius 3 is 2.19 bits per heavy atom. The highest BCUT2D eigenvalue weighted by Crippen LogP contribution is 2.28. The maximum Gasteiger partial charge on any atom is -0.0230 e. The van der Waals surface area contributed by atoms with Crippen molar-refractivity contribution >= 4 is 0 Å². The van der Waals surface area contributed by atoms with Crippen molar-refractivity contribution in [2.75, 3.05) is 0 Å². The minimum absolute atomic E-state index is 0.880. The molecule has 2 saturated carbocycles. The maximum atomic E-state index is 2.43. The molecule has 2 aliphatic carbocycles. The molecule has 0 saturated heterocycles. The molecule has 0 N–H and O–H groups in total. The minimum atomic E-state index is 0.880. The van der Waals surface area contributed by atoms with Crippen LogP contribution < -0.4 is 0 Å². The van der Waals surface area contributed by atoms with Crippen molar-refractivity contribution in [2.45, 2.75) is 64.2 Å². The first-order valence-electron chi connectivity index (χ1n) is 7.28. The van der Waals surface area contributed by atoms with Gasteiger partial charge in [0.1, 0.15) is 0 Å². The van der Waals surface area contributed by atoms with Crippen molar-refractivity contribution < 1.29 is 0 Å². The van der Waals surface area contributed by atoms with Crippen LogP contribution in [0.1, 0.15) is 64.2 Å². The Labute approximate surface area is 101 Å². The Morgan fingerprint density at radius 1 is 0.750 bits per heavy atom. The van der Waals surface area contributed by atoms with E-state index in [2.05, 4.69) is 24.3 Å². The van der Waals surface area contributed by atoms with Crippen LogP contribution in [-0.4, -0.2) is 0 Å². The van der Waals surface area contributed by atoms with Crippen LogP contribution in [-0.2, 0) is 0 Å². The van der Waals surface area contributed by atoms with Crippen LogP contribution >= 0.6 is 0 Å². The van der Waals surface area contributed by atoms with Gasteiger partial charge in [-0.2, -0.15) is 0 Å². The largest absolute Gasteiger partial charge is 0.0843 e. The molecule has 2 aliphatic rings. The standard InChI is InChI=1S/C16H26/c1-3-9-15(10-4-1)11-5-2-6-12-16-13-7-8-14-16/h2,5-6,11,15-16H,1,3-4,7-10,12-14H2. The third kappa shape index (κ3) is 4.15. The normalized spacial score (nSPS) is 25.0. The maximum absolute atomic E-state index is 2.43. The molecule has 0 heterocycles. The Bertz CT molecular complexity index is 224. The first-order chi connectivity index (χ1) is 7.95. The van der Waals surface area contributed by atoms with E-state index in [1.807, 2.05) is 0 Å². The van der Waals surface area contributed by atoms with E-state index in [4.69, 9.17) is 0 Å². The van der Waals surface area contributed by atoms with Gasteiger partial charge in [-0.05, 0) is 31.1 Å². The first-order valence-corrected chi connectivity index (χ1v) is 7.28. The summed E-state index contributed by atoms with van der Waals surface area (Å²) in [7, 11) is 0. The van der Waals surface area contributed by atoms with Crippen molar-refractivity contribution in [3.63, 3.8) is 0 Å². The van der Waals surface area contributed by atoms with Crippen molar-refractivity contribution in [2.24, 2.45) is 11.8 Å². The van der Waals surface area contributed by atoms with Crippen LogP contribution in [0.4, 0.5) is 0 Å². The van der Waals surface area contributed by atoms with Gasteiger partial charge in [-0.15, -0.1) is 0 Å². The summed E-state index contributed by atoms with van der Waals surface area (Å²) in [5, 5.41) is 0. The first kappa shape index (κ1) is 12.0. The summed E-state index contributed by atoms with van der Waals surface area (Å²) < 4.78 is 0. The van der Waals surface area contributed by atoms with Gasteiger partial charge in [0.05, 0.1) is 0 Å². The summed E-state index contributed by atoms with van der Waals surface area (Å²) in [6, 6.07) is 0. The van der Waals surface area contributed by atoms with Crippen LogP contribution in [0.15, 0.2) is 24.3 Å². The smallest absolute Gasteiger partial charge is 0.0230 e. The van der Waals surface area contributed by atoms with Crippen molar-refractivity contribution in [1.29, 1.82) is 0 Å². The number of hydrogen-bond acceptors (Lipinski definition) is 0. The zero-order valence-electron chi connectivity index (χ0n) is 10.5. The second-order valence-electron chi connectivity index (χ2n) is 5.60. The van der Waals surface area contributed by atoms with Crippen LogP contribution in [0.2, 0.25) is 0 Å². The molecule has 0 atom stereocenters. The fraction of sp³-hybridized carbons (Fsp3) is 0.750. The van der Waals surface area contributed by atoms with Crippen LogP contribution in [0.25, 0.3) is 0 Å². The molecule has 0 unspecified atom stereocenters. The lowest BCUT2D eigenvalue weighted by molar-refractivity contribution is 0.419. The van der Waals surface area contributed by atoms with E-state index in [1.165, 1.54) is 64.2 Å². The molecule has 90 valence electrons. The van der Waals surface area contributed by atoms with E-state index in [0.29, 0.717) is 0 Å². The molecular formula is C16H26. The van der Waals surface area contributed by atoms with E-state index in [1.54, 1.807) is 0 Å². The second-order valence-corrected chi connectivity index (χ2v) is 5.60. The predicted molar refractivity (Wildman–Crippen MR) is 71.4 cm³/mol. The molecule has 16 heavy (non-hydrogen) atoms. The van der Waals surface area contributed by atoms with E-state index >= 15 is 0 Å². The Kier molecular flexibility index (Phi) is 5.18. The van der Waals surface area contributed by atoms with Gasteiger partial charge in [0.2, 0.25) is 0 Å². The zero-order valence-corrected chi connectivity index (χ0v) is 10.5. The van der Waals surface area contributed by atoms with Gasteiger partial charge in [-0.1, -0.05) is 69.2 Å². The number of rotatable bonds is 4. The molecule has 0 heteroatoms. The SMILES string of the molecule is C(C=CC1CCCCC1)=CCC1CCCC1. The Hall–Kier alpha value is -0.520. The molecule has 2 fully saturated rings.